The van der Waals surface area contributed by atoms with Crippen molar-refractivity contribution in [3.8, 4) is 0 Å². The van der Waals surface area contributed by atoms with Crippen LogP contribution < -0.4 is 4.84 Å². The van der Waals surface area contributed by atoms with Crippen LogP contribution in [0.2, 0.25) is 0 Å². The molecule has 0 aliphatic heterocycles. The molecule has 0 aromatic carbocycles. The number of carbonyl (C=O) groups is 1. The molecule has 0 fully saturated rings. The Morgan fingerprint density at radius 1 is 0.778 bits per heavy atom. The van der Waals surface area contributed by atoms with E-state index in [1.54, 1.807) is 0 Å². The van der Waals surface area contributed by atoms with Gasteiger partial charge >= 0.3 is 0 Å². The van der Waals surface area contributed by atoms with Gasteiger partial charge in [0.15, 0.2) is 0 Å². The number of halogens is 1. The molecule has 18 heavy (non-hydrogen) atoms. The number of carbonyl (C=O) groups excluding carboxylic acids is 1. The van der Waals surface area contributed by atoms with Gasteiger partial charge in [0.2, 0.25) is 5.91 Å². The van der Waals surface area contributed by atoms with E-state index in [0.29, 0.717) is 6.42 Å². The van der Waals surface area contributed by atoms with Crippen molar-refractivity contribution >= 4 is 17.7 Å². The molecule has 1 N–H and O–H groups in total. The van der Waals surface area contributed by atoms with Crippen molar-refractivity contribution in [1.29, 1.82) is 0 Å². The van der Waals surface area contributed by atoms with Crippen LogP contribution >= 0.6 is 11.8 Å². The monoisotopic (exact) mass is 275 g/mol. The Morgan fingerprint density at radius 2 is 1.17 bits per heavy atom. The first-order valence-corrected chi connectivity index (χ1v) is 8.08. The maximum absolute atomic E-state index is 10.9. The molecule has 0 atom stereocenters. The lowest BCUT2D eigenvalue weighted by atomic mass is 10.0. The standard InChI is InChI=1S/C15H30ClNO/c1-2-3-4-5-6-7-8-9-10-11-12-13-14-15(18)17-16/h2-14H2,1H3,(H,17,18). The minimum absolute atomic E-state index is 0.0521. The first-order chi connectivity index (χ1) is 8.81. The summed E-state index contributed by atoms with van der Waals surface area (Å²) in [4.78, 5) is 13.0. The molecule has 0 aliphatic carbocycles. The quantitative estimate of drug-likeness (QED) is 0.356. The van der Waals surface area contributed by atoms with Crippen molar-refractivity contribution in [2.24, 2.45) is 0 Å². The van der Waals surface area contributed by atoms with Crippen LogP contribution in [0.25, 0.3) is 0 Å². The third-order valence-electron chi connectivity index (χ3n) is 3.36. The van der Waals surface area contributed by atoms with Gasteiger partial charge in [-0.25, -0.2) is 0 Å². The first kappa shape index (κ1) is 17.8. The summed E-state index contributed by atoms with van der Waals surface area (Å²) in [5, 5.41) is 0. The summed E-state index contributed by atoms with van der Waals surface area (Å²) in [5.74, 6) is -0.0521. The topological polar surface area (TPSA) is 29.1 Å². The van der Waals surface area contributed by atoms with Gasteiger partial charge in [0.25, 0.3) is 0 Å². The molecule has 0 aromatic heterocycles. The van der Waals surface area contributed by atoms with E-state index in [9.17, 15) is 4.79 Å². The van der Waals surface area contributed by atoms with Crippen LogP contribution in [0.5, 0.6) is 0 Å². The lowest BCUT2D eigenvalue weighted by molar-refractivity contribution is -0.119. The third-order valence-corrected chi connectivity index (χ3v) is 3.57. The van der Waals surface area contributed by atoms with Crippen molar-refractivity contribution < 1.29 is 4.79 Å². The van der Waals surface area contributed by atoms with E-state index in [-0.39, 0.29) is 5.91 Å². The number of rotatable bonds is 13. The molecule has 0 radical (unpaired) electrons. The van der Waals surface area contributed by atoms with Crippen LogP contribution in [0.1, 0.15) is 90.4 Å². The zero-order chi connectivity index (χ0) is 13.5. The molecular weight excluding hydrogens is 246 g/mol. The number of nitrogens with one attached hydrogen (secondary N) is 1. The highest BCUT2D eigenvalue weighted by molar-refractivity contribution is 6.21. The molecule has 0 saturated heterocycles. The Kier molecular flexibility index (Phi) is 14.6. The zero-order valence-electron chi connectivity index (χ0n) is 12.0. The third kappa shape index (κ3) is 13.8. The van der Waals surface area contributed by atoms with Gasteiger partial charge in [-0.3, -0.25) is 9.63 Å². The molecule has 1 amide bonds. The summed E-state index contributed by atoms with van der Waals surface area (Å²) in [6.07, 6.45) is 16.4. The smallest absolute Gasteiger partial charge is 0.234 e. The molecule has 2 nitrogen and oxygen atoms in total. The average Bonchev–Trinajstić information content (AvgIpc) is 2.39. The van der Waals surface area contributed by atoms with Gasteiger partial charge < -0.3 is 0 Å². The van der Waals surface area contributed by atoms with E-state index in [1.807, 2.05) is 0 Å². The molecule has 108 valence electrons. The summed E-state index contributed by atoms with van der Waals surface area (Å²) in [5.41, 5.74) is 0. The second-order valence-electron chi connectivity index (χ2n) is 5.16. The largest absolute Gasteiger partial charge is 0.274 e. The SMILES string of the molecule is CCCCCCCCCCCCCCC(=O)NCl. The highest BCUT2D eigenvalue weighted by atomic mass is 35.5. The Hall–Kier alpha value is -0.240. The molecule has 3 heteroatoms. The van der Waals surface area contributed by atoms with Crippen molar-refractivity contribution in [3.63, 3.8) is 0 Å². The van der Waals surface area contributed by atoms with Crippen LogP contribution in [0.3, 0.4) is 0 Å². The molecule has 0 bridgehead atoms. The van der Waals surface area contributed by atoms with Gasteiger partial charge in [0, 0.05) is 18.2 Å². The molecule has 0 unspecified atom stereocenters. The van der Waals surface area contributed by atoms with Crippen LogP contribution in [0.4, 0.5) is 0 Å². The second kappa shape index (κ2) is 14.8. The lowest BCUT2D eigenvalue weighted by Gasteiger charge is -2.02. The fourth-order valence-electron chi connectivity index (χ4n) is 2.17. The normalized spacial score (nSPS) is 10.6. The van der Waals surface area contributed by atoms with Crippen molar-refractivity contribution in [3.05, 3.63) is 0 Å². The molecule has 0 aliphatic rings. The van der Waals surface area contributed by atoms with Crippen molar-refractivity contribution in [1.82, 2.24) is 4.84 Å². The van der Waals surface area contributed by atoms with Gasteiger partial charge in [-0.1, -0.05) is 77.6 Å². The van der Waals surface area contributed by atoms with Crippen molar-refractivity contribution in [2.45, 2.75) is 90.4 Å². The summed E-state index contributed by atoms with van der Waals surface area (Å²) in [6, 6.07) is 0. The number of amides is 1. The van der Waals surface area contributed by atoms with Gasteiger partial charge in [-0.05, 0) is 6.42 Å². The minimum Gasteiger partial charge on any atom is -0.274 e. The van der Waals surface area contributed by atoms with Crippen LogP contribution in [-0.4, -0.2) is 5.91 Å². The highest BCUT2D eigenvalue weighted by Crippen LogP contribution is 2.12. The fraction of sp³-hybridized carbons (Fsp3) is 0.933. The van der Waals surface area contributed by atoms with Gasteiger partial charge in [0.1, 0.15) is 0 Å². The maximum atomic E-state index is 10.9. The van der Waals surface area contributed by atoms with E-state index >= 15 is 0 Å². The Morgan fingerprint density at radius 3 is 1.56 bits per heavy atom. The highest BCUT2D eigenvalue weighted by Gasteiger charge is 1.98. The molecule has 0 heterocycles. The van der Waals surface area contributed by atoms with Gasteiger partial charge in [-0.15, -0.1) is 0 Å². The lowest BCUT2D eigenvalue weighted by Crippen LogP contribution is -2.11. The predicted molar refractivity (Wildman–Crippen MR) is 79.7 cm³/mol. The van der Waals surface area contributed by atoms with E-state index in [1.165, 1.54) is 64.2 Å². The number of hydrogen-bond acceptors (Lipinski definition) is 1. The van der Waals surface area contributed by atoms with E-state index in [2.05, 4.69) is 11.8 Å². The van der Waals surface area contributed by atoms with Crippen LogP contribution in [0, 0.1) is 0 Å². The Labute approximate surface area is 118 Å². The summed E-state index contributed by atoms with van der Waals surface area (Å²) >= 11 is 5.20. The van der Waals surface area contributed by atoms with Gasteiger partial charge in [-0.2, -0.15) is 0 Å². The fourth-order valence-corrected chi connectivity index (χ4v) is 2.27. The Balaban J connectivity index is 2.97. The summed E-state index contributed by atoms with van der Waals surface area (Å²) < 4.78 is 0. The van der Waals surface area contributed by atoms with E-state index in [4.69, 9.17) is 11.8 Å². The summed E-state index contributed by atoms with van der Waals surface area (Å²) in [7, 11) is 0. The predicted octanol–water partition coefficient (Wildman–Crippen LogP) is 5.35. The van der Waals surface area contributed by atoms with Crippen LogP contribution in [-0.2, 0) is 4.79 Å². The minimum atomic E-state index is -0.0521. The molecule has 0 saturated carbocycles. The molecular formula is C15H30ClNO. The van der Waals surface area contributed by atoms with Gasteiger partial charge in [0.05, 0.1) is 0 Å². The van der Waals surface area contributed by atoms with E-state index in [0.717, 1.165) is 12.8 Å². The molecule has 0 aromatic rings. The maximum Gasteiger partial charge on any atom is 0.234 e. The number of hydrogen-bond donors (Lipinski definition) is 1. The molecule has 0 rings (SSSR count). The molecule has 0 spiro atoms. The number of unbranched alkanes of at least 4 members (excludes halogenated alkanes) is 11. The summed E-state index contributed by atoms with van der Waals surface area (Å²) in [6.45, 7) is 2.26. The average molecular weight is 276 g/mol. The zero-order valence-corrected chi connectivity index (χ0v) is 12.7. The van der Waals surface area contributed by atoms with Crippen LogP contribution in [0.15, 0.2) is 0 Å². The second-order valence-corrected chi connectivity index (χ2v) is 5.35. The first-order valence-electron chi connectivity index (χ1n) is 7.70. The van der Waals surface area contributed by atoms with E-state index < -0.39 is 0 Å². The van der Waals surface area contributed by atoms with Crippen molar-refractivity contribution in [2.75, 3.05) is 0 Å². The Bertz CT molecular complexity index is 185.